The Morgan fingerprint density at radius 3 is 2.56 bits per heavy atom. The summed E-state index contributed by atoms with van der Waals surface area (Å²) in [5, 5.41) is 8.12. The lowest BCUT2D eigenvalue weighted by molar-refractivity contribution is 0.204. The van der Waals surface area contributed by atoms with Crippen molar-refractivity contribution in [3.05, 3.63) is 17.0 Å². The van der Waals surface area contributed by atoms with Gasteiger partial charge in [-0.1, -0.05) is 18.5 Å². The number of hydrogen-bond acceptors (Lipinski definition) is 9. The number of aromatic nitrogens is 3. The fourth-order valence-electron chi connectivity index (χ4n) is 3.15. The Hall–Kier alpha value is -1.66. The second-order valence-corrected chi connectivity index (χ2v) is 10.4. The van der Waals surface area contributed by atoms with Crippen LogP contribution in [0.15, 0.2) is 10.5 Å². The first kappa shape index (κ1) is 26.6. The molecule has 0 amide bonds. The summed E-state index contributed by atoms with van der Waals surface area (Å²) in [5.74, 6) is 2.23. The molecule has 180 valence electrons. The molecule has 3 rings (SSSR count). The Kier molecular flexibility index (Phi) is 8.74. The molecule has 0 radical (unpaired) electrons. The second kappa shape index (κ2) is 10.5. The molecule has 2 N–H and O–H groups in total. The molecule has 0 bridgehead atoms. The van der Waals surface area contributed by atoms with E-state index in [4.69, 9.17) is 26.5 Å². The fraction of sp³-hybridized carbons (Fsp3) is 0.632. The zero-order valence-electron chi connectivity index (χ0n) is 18.8. The number of nitrogens with zero attached hydrogens (tertiary/aromatic N) is 5. The SMILES string of the molecule is COCCN(C[C@@H]1C[C@H]1C)c1cc(-c2nnc(C(C)N)o2)c(Cl)c(N(C)S(C)(=O)=O)n1.Cl. The van der Waals surface area contributed by atoms with Crippen molar-refractivity contribution in [3.63, 3.8) is 0 Å². The molecule has 0 saturated heterocycles. The van der Waals surface area contributed by atoms with Gasteiger partial charge in [-0.25, -0.2) is 13.4 Å². The molecule has 13 heteroatoms. The van der Waals surface area contributed by atoms with Crippen molar-refractivity contribution in [2.75, 3.05) is 49.3 Å². The van der Waals surface area contributed by atoms with Crippen LogP contribution in [0.3, 0.4) is 0 Å². The van der Waals surface area contributed by atoms with Crippen LogP contribution in [0, 0.1) is 11.8 Å². The average Bonchev–Trinajstić information content (AvgIpc) is 3.17. The number of hydrogen-bond donors (Lipinski definition) is 1. The van der Waals surface area contributed by atoms with E-state index in [1.807, 2.05) is 0 Å². The van der Waals surface area contributed by atoms with Gasteiger partial charge in [0, 0.05) is 27.2 Å². The first-order valence-electron chi connectivity index (χ1n) is 10.0. The van der Waals surface area contributed by atoms with Gasteiger partial charge in [-0.15, -0.1) is 22.6 Å². The van der Waals surface area contributed by atoms with E-state index >= 15 is 0 Å². The van der Waals surface area contributed by atoms with Gasteiger partial charge in [0.15, 0.2) is 5.82 Å². The van der Waals surface area contributed by atoms with Gasteiger partial charge in [0.25, 0.3) is 0 Å². The van der Waals surface area contributed by atoms with Crippen LogP contribution < -0.4 is 14.9 Å². The first-order valence-corrected chi connectivity index (χ1v) is 12.2. The molecule has 3 atom stereocenters. The monoisotopic (exact) mass is 508 g/mol. The summed E-state index contributed by atoms with van der Waals surface area (Å²) in [6.07, 6.45) is 2.23. The van der Waals surface area contributed by atoms with Gasteiger partial charge >= 0.3 is 0 Å². The number of methoxy groups -OCH3 is 1. The number of anilines is 2. The minimum absolute atomic E-state index is 0. The summed E-state index contributed by atoms with van der Waals surface area (Å²) in [5.41, 5.74) is 6.23. The summed E-state index contributed by atoms with van der Waals surface area (Å²) >= 11 is 6.58. The lowest BCUT2D eigenvalue weighted by Crippen LogP contribution is -2.32. The highest BCUT2D eigenvalue weighted by molar-refractivity contribution is 7.92. The van der Waals surface area contributed by atoms with Gasteiger partial charge in [0.1, 0.15) is 5.82 Å². The van der Waals surface area contributed by atoms with Crippen LogP contribution in [-0.2, 0) is 14.8 Å². The van der Waals surface area contributed by atoms with E-state index in [9.17, 15) is 8.42 Å². The van der Waals surface area contributed by atoms with Crippen LogP contribution in [-0.4, -0.2) is 63.7 Å². The highest BCUT2D eigenvalue weighted by Gasteiger charge is 2.35. The van der Waals surface area contributed by atoms with Gasteiger partial charge in [0.05, 0.1) is 29.5 Å². The highest BCUT2D eigenvalue weighted by atomic mass is 35.5. The van der Waals surface area contributed by atoms with Gasteiger partial charge < -0.3 is 19.8 Å². The van der Waals surface area contributed by atoms with Crippen LogP contribution in [0.4, 0.5) is 11.6 Å². The van der Waals surface area contributed by atoms with Crippen molar-refractivity contribution in [1.29, 1.82) is 0 Å². The van der Waals surface area contributed by atoms with E-state index in [1.54, 1.807) is 20.1 Å². The molecule has 2 aromatic heterocycles. The molecule has 1 unspecified atom stereocenters. The van der Waals surface area contributed by atoms with Crippen LogP contribution in [0.2, 0.25) is 5.02 Å². The molecule has 1 fully saturated rings. The Balaban J connectivity index is 0.00000363. The predicted octanol–water partition coefficient (Wildman–Crippen LogP) is 2.73. The molecule has 1 saturated carbocycles. The number of ether oxygens (including phenoxy) is 1. The van der Waals surface area contributed by atoms with Crippen molar-refractivity contribution in [1.82, 2.24) is 15.2 Å². The summed E-state index contributed by atoms with van der Waals surface area (Å²) in [6, 6.07) is 1.29. The maximum Gasteiger partial charge on any atom is 0.249 e. The molecule has 10 nitrogen and oxygen atoms in total. The van der Waals surface area contributed by atoms with Crippen LogP contribution >= 0.6 is 24.0 Å². The lowest BCUT2D eigenvalue weighted by Gasteiger charge is -2.26. The number of sulfonamides is 1. The molecule has 1 aliphatic carbocycles. The molecular weight excluding hydrogens is 479 g/mol. The quantitative estimate of drug-likeness (QED) is 0.514. The maximum absolute atomic E-state index is 12.2. The third-order valence-electron chi connectivity index (χ3n) is 5.40. The first-order chi connectivity index (χ1) is 14.5. The molecule has 0 spiro atoms. The average molecular weight is 509 g/mol. The van der Waals surface area contributed by atoms with E-state index in [1.165, 1.54) is 7.05 Å². The topological polar surface area (TPSA) is 128 Å². The molecule has 0 aromatic carbocycles. The molecule has 2 heterocycles. The third kappa shape index (κ3) is 6.02. The fourth-order valence-corrected chi connectivity index (χ4v) is 3.95. The summed E-state index contributed by atoms with van der Waals surface area (Å²) in [4.78, 5) is 6.67. The molecule has 32 heavy (non-hydrogen) atoms. The molecular formula is C19H30Cl2N6O4S. The van der Waals surface area contributed by atoms with Gasteiger partial charge in [-0.05, 0) is 31.2 Å². The minimum Gasteiger partial charge on any atom is -0.419 e. The number of rotatable bonds is 10. The zero-order chi connectivity index (χ0) is 22.9. The highest BCUT2D eigenvalue weighted by Crippen LogP contribution is 2.41. The second-order valence-electron chi connectivity index (χ2n) is 8.04. The van der Waals surface area contributed by atoms with Crippen LogP contribution in [0.1, 0.15) is 32.2 Å². The Labute approximate surface area is 199 Å². The maximum atomic E-state index is 12.2. The van der Waals surface area contributed by atoms with Crippen LogP contribution in [0.25, 0.3) is 11.5 Å². The summed E-state index contributed by atoms with van der Waals surface area (Å²) in [6.45, 7) is 5.79. The Bertz CT molecular complexity index is 1030. The van der Waals surface area contributed by atoms with Gasteiger partial charge in [-0.2, -0.15) is 0 Å². The lowest BCUT2D eigenvalue weighted by atomic mass is 10.2. The van der Waals surface area contributed by atoms with Crippen molar-refractivity contribution in [2.24, 2.45) is 17.6 Å². The van der Waals surface area contributed by atoms with Crippen molar-refractivity contribution < 1.29 is 17.6 Å². The zero-order valence-corrected chi connectivity index (χ0v) is 21.2. The number of nitrogens with two attached hydrogens (primary N) is 1. The van der Waals surface area contributed by atoms with Gasteiger partial charge in [-0.3, -0.25) is 4.31 Å². The third-order valence-corrected chi connectivity index (χ3v) is 6.94. The van der Waals surface area contributed by atoms with Gasteiger partial charge in [0.2, 0.25) is 21.8 Å². The van der Waals surface area contributed by atoms with E-state index in [0.29, 0.717) is 36.4 Å². The molecule has 1 aliphatic rings. The number of pyridine rings is 1. The molecule has 0 aliphatic heterocycles. The van der Waals surface area contributed by atoms with Crippen LogP contribution in [0.5, 0.6) is 0 Å². The van der Waals surface area contributed by atoms with Crippen molar-refractivity contribution >= 4 is 45.7 Å². The Morgan fingerprint density at radius 2 is 2.06 bits per heavy atom. The van der Waals surface area contributed by atoms with E-state index in [-0.39, 0.29) is 35.0 Å². The summed E-state index contributed by atoms with van der Waals surface area (Å²) in [7, 11) is -0.570. The number of halogens is 2. The van der Waals surface area contributed by atoms with Crippen molar-refractivity contribution in [2.45, 2.75) is 26.3 Å². The minimum atomic E-state index is -3.61. The summed E-state index contributed by atoms with van der Waals surface area (Å²) < 4.78 is 36.5. The van der Waals surface area contributed by atoms with E-state index in [2.05, 4.69) is 27.0 Å². The van der Waals surface area contributed by atoms with E-state index in [0.717, 1.165) is 23.5 Å². The smallest absolute Gasteiger partial charge is 0.249 e. The largest absolute Gasteiger partial charge is 0.419 e. The van der Waals surface area contributed by atoms with E-state index < -0.39 is 16.1 Å². The Morgan fingerprint density at radius 1 is 1.41 bits per heavy atom. The molecule has 2 aromatic rings. The predicted molar refractivity (Wildman–Crippen MR) is 127 cm³/mol. The van der Waals surface area contributed by atoms with Crippen molar-refractivity contribution in [3.8, 4) is 11.5 Å². The normalized spacial score (nSPS) is 18.7. The standard InChI is InChI=1S/C19H29ClN6O4S.ClH/c1-11-8-13(11)10-26(6-7-29-4)15-9-14(19-24-23-18(30-19)12(2)21)16(20)17(22-15)25(3)31(5,27)28;/h9,11-13H,6-8,10,21H2,1-5H3;1H/t11-,12?,13+;/m1./s1.